The zero-order valence-corrected chi connectivity index (χ0v) is 10.3. The summed E-state index contributed by atoms with van der Waals surface area (Å²) < 4.78 is 5.51. The summed E-state index contributed by atoms with van der Waals surface area (Å²) >= 11 is 0. The number of nitrogens with zero attached hydrogens (tertiary/aromatic N) is 1. The van der Waals surface area contributed by atoms with Crippen LogP contribution in [0.4, 0.5) is 0 Å². The molecule has 1 heterocycles. The monoisotopic (exact) mass is 232 g/mol. The van der Waals surface area contributed by atoms with Crippen molar-refractivity contribution in [3.05, 3.63) is 35.4 Å². The normalized spacial score (nSPS) is 33.6. The van der Waals surface area contributed by atoms with E-state index in [0.29, 0.717) is 12.1 Å². The van der Waals surface area contributed by atoms with E-state index >= 15 is 0 Å². The van der Waals surface area contributed by atoms with Crippen molar-refractivity contribution in [1.29, 1.82) is 0 Å². The summed E-state index contributed by atoms with van der Waals surface area (Å²) in [6.45, 7) is 4.95. The molecule has 3 unspecified atom stereocenters. The molecule has 1 fully saturated rings. The van der Waals surface area contributed by atoms with Gasteiger partial charge in [0.1, 0.15) is 0 Å². The van der Waals surface area contributed by atoms with Gasteiger partial charge in [-0.2, -0.15) is 0 Å². The summed E-state index contributed by atoms with van der Waals surface area (Å²) in [4.78, 5) is 2.55. The van der Waals surface area contributed by atoms with Gasteiger partial charge in [0, 0.05) is 24.7 Å². The van der Waals surface area contributed by atoms with Gasteiger partial charge in [0.2, 0.25) is 0 Å². The molecule has 1 saturated heterocycles. The molecule has 0 saturated carbocycles. The van der Waals surface area contributed by atoms with Gasteiger partial charge in [0.15, 0.2) is 0 Å². The van der Waals surface area contributed by atoms with Crippen molar-refractivity contribution in [1.82, 2.24) is 4.90 Å². The lowest BCUT2D eigenvalue weighted by molar-refractivity contribution is -0.0231. The molecule has 92 valence electrons. The molecule has 1 aromatic rings. The van der Waals surface area contributed by atoms with E-state index in [2.05, 4.69) is 36.1 Å². The third-order valence-electron chi connectivity index (χ3n) is 4.05. The van der Waals surface area contributed by atoms with Gasteiger partial charge < -0.3 is 10.5 Å². The van der Waals surface area contributed by atoms with Crippen LogP contribution in [0.15, 0.2) is 24.3 Å². The SMILES string of the molecule is CC1COCCN1C1CC(N)c2ccccc21. The summed E-state index contributed by atoms with van der Waals surface area (Å²) in [5.74, 6) is 0. The molecule has 0 aromatic heterocycles. The molecule has 17 heavy (non-hydrogen) atoms. The first-order valence-electron chi connectivity index (χ1n) is 6.45. The van der Waals surface area contributed by atoms with E-state index in [1.807, 2.05) is 0 Å². The standard InChI is InChI=1S/C14H20N2O/c1-10-9-17-7-6-16(10)14-8-13(15)11-4-2-3-5-12(11)14/h2-5,10,13-14H,6-9,15H2,1H3. The molecule has 3 heteroatoms. The van der Waals surface area contributed by atoms with Crippen molar-refractivity contribution in [2.24, 2.45) is 5.73 Å². The van der Waals surface area contributed by atoms with Gasteiger partial charge in [-0.25, -0.2) is 0 Å². The highest BCUT2D eigenvalue weighted by atomic mass is 16.5. The fourth-order valence-corrected chi connectivity index (χ4v) is 3.16. The fourth-order valence-electron chi connectivity index (χ4n) is 3.16. The molecular formula is C14H20N2O. The highest BCUT2D eigenvalue weighted by molar-refractivity contribution is 5.37. The number of hydrogen-bond acceptors (Lipinski definition) is 3. The Morgan fingerprint density at radius 2 is 2.06 bits per heavy atom. The number of morpholine rings is 1. The Morgan fingerprint density at radius 3 is 2.82 bits per heavy atom. The average molecular weight is 232 g/mol. The van der Waals surface area contributed by atoms with Crippen molar-refractivity contribution in [3.8, 4) is 0 Å². The van der Waals surface area contributed by atoms with Crippen molar-refractivity contribution >= 4 is 0 Å². The molecule has 3 atom stereocenters. The second-order valence-electron chi connectivity index (χ2n) is 5.15. The lowest BCUT2D eigenvalue weighted by Gasteiger charge is -2.38. The van der Waals surface area contributed by atoms with Gasteiger partial charge >= 0.3 is 0 Å². The molecule has 0 amide bonds. The molecule has 0 radical (unpaired) electrons. The molecular weight excluding hydrogens is 212 g/mol. The lowest BCUT2D eigenvalue weighted by Crippen LogP contribution is -2.45. The zero-order valence-electron chi connectivity index (χ0n) is 10.3. The van der Waals surface area contributed by atoms with Crippen LogP contribution in [0.1, 0.15) is 36.6 Å². The van der Waals surface area contributed by atoms with Crippen LogP contribution in [0.25, 0.3) is 0 Å². The van der Waals surface area contributed by atoms with E-state index in [-0.39, 0.29) is 6.04 Å². The maximum absolute atomic E-state index is 6.23. The van der Waals surface area contributed by atoms with Gasteiger partial charge in [0.25, 0.3) is 0 Å². The number of rotatable bonds is 1. The van der Waals surface area contributed by atoms with Gasteiger partial charge in [0.05, 0.1) is 13.2 Å². The van der Waals surface area contributed by atoms with Crippen LogP contribution in [0.3, 0.4) is 0 Å². The third-order valence-corrected chi connectivity index (χ3v) is 4.05. The summed E-state index contributed by atoms with van der Waals surface area (Å²) in [6, 6.07) is 9.79. The Labute approximate surface area is 103 Å². The van der Waals surface area contributed by atoms with E-state index in [1.54, 1.807) is 0 Å². The quantitative estimate of drug-likeness (QED) is 0.803. The van der Waals surface area contributed by atoms with Crippen LogP contribution < -0.4 is 5.73 Å². The number of fused-ring (bicyclic) bond motifs is 1. The number of hydrogen-bond donors (Lipinski definition) is 1. The van der Waals surface area contributed by atoms with E-state index < -0.39 is 0 Å². The maximum Gasteiger partial charge on any atom is 0.0620 e. The van der Waals surface area contributed by atoms with Crippen LogP contribution in [0.2, 0.25) is 0 Å². The van der Waals surface area contributed by atoms with E-state index in [1.165, 1.54) is 11.1 Å². The summed E-state index contributed by atoms with van der Waals surface area (Å²) in [7, 11) is 0. The second-order valence-corrected chi connectivity index (χ2v) is 5.15. The van der Waals surface area contributed by atoms with Gasteiger partial charge in [-0.05, 0) is 24.5 Å². The Bertz CT molecular complexity index is 407. The minimum atomic E-state index is 0.200. The van der Waals surface area contributed by atoms with E-state index in [9.17, 15) is 0 Å². The predicted molar refractivity (Wildman–Crippen MR) is 67.7 cm³/mol. The first kappa shape index (κ1) is 11.2. The van der Waals surface area contributed by atoms with Crippen LogP contribution >= 0.6 is 0 Å². The molecule has 3 rings (SSSR count). The van der Waals surface area contributed by atoms with Crippen molar-refractivity contribution in [2.45, 2.75) is 31.5 Å². The first-order chi connectivity index (χ1) is 8.27. The zero-order chi connectivity index (χ0) is 11.8. The Kier molecular flexibility index (Phi) is 2.90. The Balaban J connectivity index is 1.90. The number of benzene rings is 1. The fraction of sp³-hybridized carbons (Fsp3) is 0.571. The van der Waals surface area contributed by atoms with Crippen molar-refractivity contribution in [3.63, 3.8) is 0 Å². The lowest BCUT2D eigenvalue weighted by atomic mass is 10.0. The molecule has 2 N–H and O–H groups in total. The predicted octanol–water partition coefficient (Wildman–Crippen LogP) is 1.85. The number of ether oxygens (including phenoxy) is 1. The van der Waals surface area contributed by atoms with Crippen LogP contribution in [0, 0.1) is 0 Å². The van der Waals surface area contributed by atoms with Crippen molar-refractivity contribution in [2.75, 3.05) is 19.8 Å². The van der Waals surface area contributed by atoms with E-state index in [4.69, 9.17) is 10.5 Å². The van der Waals surface area contributed by atoms with E-state index in [0.717, 1.165) is 26.2 Å². The summed E-state index contributed by atoms with van der Waals surface area (Å²) in [5.41, 5.74) is 8.99. The Morgan fingerprint density at radius 1 is 1.29 bits per heavy atom. The number of nitrogens with two attached hydrogens (primary N) is 1. The molecule has 1 aliphatic heterocycles. The van der Waals surface area contributed by atoms with Crippen LogP contribution in [-0.4, -0.2) is 30.7 Å². The highest BCUT2D eigenvalue weighted by Gasteiger charge is 2.35. The van der Waals surface area contributed by atoms with Gasteiger partial charge in [-0.3, -0.25) is 4.90 Å². The molecule has 2 aliphatic rings. The second kappa shape index (κ2) is 4.41. The third kappa shape index (κ3) is 1.88. The minimum absolute atomic E-state index is 0.200. The molecule has 1 aliphatic carbocycles. The summed E-state index contributed by atoms with van der Waals surface area (Å²) in [5, 5.41) is 0. The van der Waals surface area contributed by atoms with Gasteiger partial charge in [-0.15, -0.1) is 0 Å². The molecule has 1 aromatic carbocycles. The molecule has 0 bridgehead atoms. The topological polar surface area (TPSA) is 38.5 Å². The smallest absolute Gasteiger partial charge is 0.0620 e. The van der Waals surface area contributed by atoms with Crippen molar-refractivity contribution < 1.29 is 4.74 Å². The summed E-state index contributed by atoms with van der Waals surface area (Å²) in [6.07, 6.45) is 1.05. The van der Waals surface area contributed by atoms with Crippen LogP contribution in [0.5, 0.6) is 0 Å². The van der Waals surface area contributed by atoms with Crippen LogP contribution in [-0.2, 0) is 4.74 Å². The largest absolute Gasteiger partial charge is 0.379 e. The minimum Gasteiger partial charge on any atom is -0.379 e. The average Bonchev–Trinajstić information content (AvgIpc) is 2.68. The maximum atomic E-state index is 6.23. The Hall–Kier alpha value is -0.900. The molecule has 0 spiro atoms. The highest BCUT2D eigenvalue weighted by Crippen LogP contribution is 2.41. The van der Waals surface area contributed by atoms with Gasteiger partial charge in [-0.1, -0.05) is 24.3 Å². The first-order valence-corrected chi connectivity index (χ1v) is 6.45. The molecule has 3 nitrogen and oxygen atoms in total.